The van der Waals surface area contributed by atoms with Crippen molar-refractivity contribution >= 4 is 11.4 Å². The molecule has 0 aliphatic carbocycles. The summed E-state index contributed by atoms with van der Waals surface area (Å²) in [6.45, 7) is 9.05. The molecule has 0 spiro atoms. The number of nitrogens with zero attached hydrogens (tertiary/aromatic N) is 1. The number of anilines is 2. The lowest BCUT2D eigenvalue weighted by Gasteiger charge is -2.24. The number of nitrogens with one attached hydrogen (secondary N) is 1. The molecular formula is C18H23FN2. The molecule has 0 aliphatic rings. The van der Waals surface area contributed by atoms with Crippen LogP contribution in [0.15, 0.2) is 42.5 Å². The Kier molecular flexibility index (Phi) is 5.34. The Hall–Kier alpha value is -1.87. The Labute approximate surface area is 126 Å². The highest BCUT2D eigenvalue weighted by atomic mass is 19.1. The molecule has 0 bridgehead atoms. The van der Waals surface area contributed by atoms with Gasteiger partial charge >= 0.3 is 0 Å². The molecule has 0 atom stereocenters. The van der Waals surface area contributed by atoms with Crippen LogP contribution in [0, 0.1) is 12.7 Å². The highest BCUT2D eigenvalue weighted by Crippen LogP contribution is 2.27. The SMILES string of the molecule is CCNCc1ccc(N(CC)c2ccc(F)cc2)cc1C. The van der Waals surface area contributed by atoms with Gasteiger partial charge in [0.2, 0.25) is 0 Å². The van der Waals surface area contributed by atoms with Crippen LogP contribution in [0.2, 0.25) is 0 Å². The van der Waals surface area contributed by atoms with Crippen LogP contribution in [0.4, 0.5) is 15.8 Å². The summed E-state index contributed by atoms with van der Waals surface area (Å²) in [4.78, 5) is 2.18. The number of halogens is 1. The highest BCUT2D eigenvalue weighted by Gasteiger charge is 2.09. The Bertz CT molecular complexity index is 578. The van der Waals surface area contributed by atoms with E-state index in [0.717, 1.165) is 31.0 Å². The van der Waals surface area contributed by atoms with E-state index in [-0.39, 0.29) is 5.82 Å². The fourth-order valence-corrected chi connectivity index (χ4v) is 2.44. The molecule has 2 aromatic carbocycles. The number of benzene rings is 2. The number of hydrogen-bond donors (Lipinski definition) is 1. The second kappa shape index (κ2) is 7.23. The van der Waals surface area contributed by atoms with Crippen molar-refractivity contribution in [3.8, 4) is 0 Å². The summed E-state index contributed by atoms with van der Waals surface area (Å²) in [6, 6.07) is 13.1. The van der Waals surface area contributed by atoms with E-state index in [1.807, 2.05) is 12.1 Å². The van der Waals surface area contributed by atoms with E-state index in [4.69, 9.17) is 0 Å². The minimum absolute atomic E-state index is 0.202. The molecule has 0 heterocycles. The lowest BCUT2D eigenvalue weighted by Crippen LogP contribution is -2.17. The Morgan fingerprint density at radius 2 is 1.67 bits per heavy atom. The fraction of sp³-hybridized carbons (Fsp3) is 0.333. The van der Waals surface area contributed by atoms with Crippen molar-refractivity contribution in [3.05, 3.63) is 59.4 Å². The van der Waals surface area contributed by atoms with Gasteiger partial charge in [-0.1, -0.05) is 13.0 Å². The number of rotatable bonds is 6. The molecule has 0 unspecified atom stereocenters. The van der Waals surface area contributed by atoms with E-state index in [1.54, 1.807) is 0 Å². The summed E-state index contributed by atoms with van der Waals surface area (Å²) < 4.78 is 13.1. The third-order valence-electron chi connectivity index (χ3n) is 3.66. The van der Waals surface area contributed by atoms with Gasteiger partial charge in [0.05, 0.1) is 0 Å². The first kappa shape index (κ1) is 15.5. The second-order valence-corrected chi connectivity index (χ2v) is 5.11. The van der Waals surface area contributed by atoms with Crippen LogP contribution in [0.5, 0.6) is 0 Å². The van der Waals surface area contributed by atoms with Crippen LogP contribution in [0.3, 0.4) is 0 Å². The van der Waals surface area contributed by atoms with Gasteiger partial charge in [0.15, 0.2) is 0 Å². The molecule has 0 radical (unpaired) electrons. The first-order chi connectivity index (χ1) is 10.2. The van der Waals surface area contributed by atoms with Crippen LogP contribution in [0.1, 0.15) is 25.0 Å². The van der Waals surface area contributed by atoms with Crippen molar-refractivity contribution in [1.29, 1.82) is 0 Å². The quantitative estimate of drug-likeness (QED) is 0.846. The molecular weight excluding hydrogens is 263 g/mol. The fourth-order valence-electron chi connectivity index (χ4n) is 2.44. The molecule has 1 N–H and O–H groups in total. The Morgan fingerprint density at radius 3 is 2.24 bits per heavy atom. The molecule has 0 saturated carbocycles. The first-order valence-corrected chi connectivity index (χ1v) is 7.49. The lowest BCUT2D eigenvalue weighted by atomic mass is 10.1. The smallest absolute Gasteiger partial charge is 0.123 e. The van der Waals surface area contributed by atoms with Crippen LogP contribution >= 0.6 is 0 Å². The van der Waals surface area contributed by atoms with E-state index in [0.29, 0.717) is 0 Å². The van der Waals surface area contributed by atoms with Gasteiger partial charge in [-0.05, 0) is 67.9 Å². The normalized spacial score (nSPS) is 10.7. The molecule has 2 nitrogen and oxygen atoms in total. The van der Waals surface area contributed by atoms with Gasteiger partial charge in [0.25, 0.3) is 0 Å². The van der Waals surface area contributed by atoms with Crippen molar-refractivity contribution in [2.75, 3.05) is 18.0 Å². The summed E-state index contributed by atoms with van der Waals surface area (Å²) in [5, 5.41) is 3.35. The average Bonchev–Trinajstić information content (AvgIpc) is 2.49. The van der Waals surface area contributed by atoms with Gasteiger partial charge in [-0.3, -0.25) is 0 Å². The number of hydrogen-bond acceptors (Lipinski definition) is 2. The molecule has 2 aromatic rings. The summed E-state index contributed by atoms with van der Waals surface area (Å²) in [7, 11) is 0. The summed E-state index contributed by atoms with van der Waals surface area (Å²) in [5.41, 5.74) is 4.74. The molecule has 0 saturated heterocycles. The molecule has 2 rings (SSSR count). The van der Waals surface area contributed by atoms with Gasteiger partial charge in [-0.15, -0.1) is 0 Å². The van der Waals surface area contributed by atoms with Gasteiger partial charge in [0.1, 0.15) is 5.82 Å². The van der Waals surface area contributed by atoms with Crippen molar-refractivity contribution in [2.45, 2.75) is 27.3 Å². The van der Waals surface area contributed by atoms with Gasteiger partial charge in [-0.25, -0.2) is 4.39 Å². The molecule has 0 amide bonds. The largest absolute Gasteiger partial charge is 0.342 e. The third kappa shape index (κ3) is 3.82. The van der Waals surface area contributed by atoms with E-state index in [2.05, 4.69) is 49.2 Å². The molecule has 0 fully saturated rings. The molecule has 21 heavy (non-hydrogen) atoms. The van der Waals surface area contributed by atoms with Gasteiger partial charge in [0, 0.05) is 24.5 Å². The number of aryl methyl sites for hydroxylation is 1. The van der Waals surface area contributed by atoms with Crippen LogP contribution < -0.4 is 10.2 Å². The summed E-state index contributed by atoms with van der Waals surface area (Å²) in [6.07, 6.45) is 0. The predicted octanol–water partition coefficient (Wildman–Crippen LogP) is 4.40. The van der Waals surface area contributed by atoms with Crippen molar-refractivity contribution in [3.63, 3.8) is 0 Å². The lowest BCUT2D eigenvalue weighted by molar-refractivity contribution is 0.628. The van der Waals surface area contributed by atoms with E-state index < -0.39 is 0 Å². The average molecular weight is 286 g/mol. The van der Waals surface area contributed by atoms with Crippen molar-refractivity contribution in [1.82, 2.24) is 5.32 Å². The zero-order valence-electron chi connectivity index (χ0n) is 13.0. The van der Waals surface area contributed by atoms with Crippen molar-refractivity contribution in [2.24, 2.45) is 0 Å². The van der Waals surface area contributed by atoms with E-state index >= 15 is 0 Å². The van der Waals surface area contributed by atoms with Crippen LogP contribution in [-0.2, 0) is 6.54 Å². The minimum Gasteiger partial charge on any atom is -0.342 e. The second-order valence-electron chi connectivity index (χ2n) is 5.11. The molecule has 112 valence electrons. The summed E-state index contributed by atoms with van der Waals surface area (Å²) >= 11 is 0. The highest BCUT2D eigenvalue weighted by molar-refractivity contribution is 5.64. The molecule has 3 heteroatoms. The van der Waals surface area contributed by atoms with E-state index in [9.17, 15) is 4.39 Å². The van der Waals surface area contributed by atoms with Crippen LogP contribution in [-0.4, -0.2) is 13.1 Å². The van der Waals surface area contributed by atoms with Crippen molar-refractivity contribution < 1.29 is 4.39 Å². The van der Waals surface area contributed by atoms with Gasteiger partial charge in [-0.2, -0.15) is 0 Å². The Balaban J connectivity index is 2.26. The maximum Gasteiger partial charge on any atom is 0.123 e. The Morgan fingerprint density at radius 1 is 1.00 bits per heavy atom. The van der Waals surface area contributed by atoms with Crippen LogP contribution in [0.25, 0.3) is 0 Å². The summed E-state index contributed by atoms with van der Waals surface area (Å²) in [5.74, 6) is -0.202. The maximum atomic E-state index is 13.1. The molecule has 0 aromatic heterocycles. The van der Waals surface area contributed by atoms with E-state index in [1.165, 1.54) is 23.3 Å². The minimum atomic E-state index is -0.202. The topological polar surface area (TPSA) is 15.3 Å². The third-order valence-corrected chi connectivity index (χ3v) is 3.66. The van der Waals surface area contributed by atoms with Gasteiger partial charge < -0.3 is 10.2 Å². The monoisotopic (exact) mass is 286 g/mol. The molecule has 0 aliphatic heterocycles. The zero-order chi connectivity index (χ0) is 15.2. The predicted molar refractivity (Wildman–Crippen MR) is 87.6 cm³/mol. The first-order valence-electron chi connectivity index (χ1n) is 7.49. The maximum absolute atomic E-state index is 13.1. The zero-order valence-corrected chi connectivity index (χ0v) is 13.0. The standard InChI is InChI=1S/C18H23FN2/c1-4-20-13-15-6-9-18(12-14(15)3)21(5-2)17-10-7-16(19)8-11-17/h6-12,20H,4-5,13H2,1-3H3.